The summed E-state index contributed by atoms with van der Waals surface area (Å²) < 4.78 is 0. The highest BCUT2D eigenvalue weighted by atomic mass is 32.2. The molecular weight excluding hydrogens is 376 g/mol. The SMILES string of the molecule is CNc1cc(-c2ccc3[nH]c(N)cc3c2)cc(-c2nnc(SCC(=O)O)[nH]2)c1. The molecule has 0 unspecified atom stereocenters. The summed E-state index contributed by atoms with van der Waals surface area (Å²) in [5.74, 6) is 0.238. The molecule has 4 rings (SSSR count). The van der Waals surface area contributed by atoms with E-state index < -0.39 is 5.97 Å². The maximum atomic E-state index is 10.7. The molecule has 0 aliphatic rings. The number of anilines is 2. The fourth-order valence-corrected chi connectivity index (χ4v) is 3.51. The number of fused-ring (bicyclic) bond motifs is 1. The van der Waals surface area contributed by atoms with Crippen LogP contribution in [-0.4, -0.2) is 44.0 Å². The number of nitrogens with one attached hydrogen (secondary N) is 3. The molecule has 6 N–H and O–H groups in total. The summed E-state index contributed by atoms with van der Waals surface area (Å²) in [5.41, 5.74) is 10.7. The molecule has 0 radical (unpaired) electrons. The maximum Gasteiger partial charge on any atom is 0.313 e. The predicted molar refractivity (Wildman–Crippen MR) is 111 cm³/mol. The molecule has 0 spiro atoms. The number of benzene rings is 2. The quantitative estimate of drug-likeness (QED) is 0.316. The first-order valence-electron chi connectivity index (χ1n) is 8.51. The molecule has 0 saturated carbocycles. The standard InChI is InChI=1S/C19H18N6O2S/c1-21-14-6-11(10-2-3-15-12(4-10)8-16(20)22-15)5-13(7-14)18-23-19(25-24-18)28-9-17(26)27/h2-8,21-22H,9,20H2,1H3,(H,26,27)(H,23,24,25). The van der Waals surface area contributed by atoms with Crippen molar-refractivity contribution in [1.82, 2.24) is 20.2 Å². The third-order valence-corrected chi connectivity index (χ3v) is 5.12. The topological polar surface area (TPSA) is 133 Å². The molecule has 2 heterocycles. The van der Waals surface area contributed by atoms with Crippen LogP contribution in [0.1, 0.15) is 0 Å². The third kappa shape index (κ3) is 3.65. The van der Waals surface area contributed by atoms with E-state index in [-0.39, 0.29) is 5.75 Å². The van der Waals surface area contributed by atoms with Crippen molar-refractivity contribution in [3.8, 4) is 22.5 Å². The normalized spacial score (nSPS) is 11.0. The van der Waals surface area contributed by atoms with Crippen LogP contribution in [0.5, 0.6) is 0 Å². The monoisotopic (exact) mass is 394 g/mol. The van der Waals surface area contributed by atoms with Crippen molar-refractivity contribution in [3.63, 3.8) is 0 Å². The van der Waals surface area contributed by atoms with E-state index in [1.807, 2.05) is 37.4 Å². The molecule has 28 heavy (non-hydrogen) atoms. The largest absolute Gasteiger partial charge is 0.481 e. The van der Waals surface area contributed by atoms with Gasteiger partial charge in [0.2, 0.25) is 0 Å². The van der Waals surface area contributed by atoms with Gasteiger partial charge < -0.3 is 26.1 Å². The molecule has 2 aromatic heterocycles. The number of rotatable bonds is 6. The summed E-state index contributed by atoms with van der Waals surface area (Å²) in [6, 6.07) is 14.1. The molecule has 142 valence electrons. The van der Waals surface area contributed by atoms with Crippen LogP contribution in [0, 0.1) is 0 Å². The van der Waals surface area contributed by atoms with Crippen molar-refractivity contribution < 1.29 is 9.90 Å². The molecule has 0 fully saturated rings. The molecule has 0 aliphatic heterocycles. The predicted octanol–water partition coefficient (Wildman–Crippen LogP) is 3.42. The highest BCUT2D eigenvalue weighted by Crippen LogP contribution is 2.31. The fourth-order valence-electron chi connectivity index (χ4n) is 2.98. The summed E-state index contributed by atoms with van der Waals surface area (Å²) in [6.07, 6.45) is 0. The Bertz CT molecular complexity index is 1170. The van der Waals surface area contributed by atoms with Gasteiger partial charge in [-0.25, -0.2) is 0 Å². The minimum absolute atomic E-state index is 0.0732. The highest BCUT2D eigenvalue weighted by molar-refractivity contribution is 7.99. The second-order valence-corrected chi connectivity index (χ2v) is 7.20. The fraction of sp³-hybridized carbons (Fsp3) is 0.105. The smallest absolute Gasteiger partial charge is 0.313 e. The van der Waals surface area contributed by atoms with Gasteiger partial charge in [0.1, 0.15) is 5.82 Å². The number of hydrogen-bond donors (Lipinski definition) is 5. The van der Waals surface area contributed by atoms with E-state index in [0.29, 0.717) is 16.8 Å². The minimum atomic E-state index is -0.900. The molecule has 9 heteroatoms. The minimum Gasteiger partial charge on any atom is -0.481 e. The van der Waals surface area contributed by atoms with E-state index in [0.717, 1.165) is 45.0 Å². The molecule has 8 nitrogen and oxygen atoms in total. The van der Waals surface area contributed by atoms with E-state index in [9.17, 15) is 4.79 Å². The molecule has 0 atom stereocenters. The van der Waals surface area contributed by atoms with Crippen LogP contribution in [0.2, 0.25) is 0 Å². The number of aliphatic carboxylic acids is 1. The number of nitrogens with zero attached hydrogens (tertiary/aromatic N) is 2. The summed E-state index contributed by atoms with van der Waals surface area (Å²) in [4.78, 5) is 16.9. The van der Waals surface area contributed by atoms with E-state index in [4.69, 9.17) is 10.8 Å². The average Bonchev–Trinajstić information content (AvgIpc) is 3.30. The first kappa shape index (κ1) is 17.9. The van der Waals surface area contributed by atoms with E-state index in [1.54, 1.807) is 0 Å². The maximum absolute atomic E-state index is 10.7. The first-order chi connectivity index (χ1) is 13.5. The van der Waals surface area contributed by atoms with Crippen molar-refractivity contribution in [2.75, 3.05) is 23.9 Å². The van der Waals surface area contributed by atoms with Gasteiger partial charge in [0.05, 0.1) is 5.75 Å². The first-order valence-corrected chi connectivity index (χ1v) is 9.49. The number of hydrogen-bond acceptors (Lipinski definition) is 6. The zero-order valence-corrected chi connectivity index (χ0v) is 15.8. The number of thioether (sulfide) groups is 1. The Labute approximate surface area is 164 Å². The van der Waals surface area contributed by atoms with Crippen molar-refractivity contribution in [1.29, 1.82) is 0 Å². The Hall–Kier alpha value is -3.46. The Kier molecular flexibility index (Phi) is 4.66. The summed E-state index contributed by atoms with van der Waals surface area (Å²) in [5, 5.41) is 21.7. The zero-order chi connectivity index (χ0) is 19.7. The molecule has 0 bridgehead atoms. The van der Waals surface area contributed by atoms with Crippen molar-refractivity contribution >= 4 is 40.1 Å². The van der Waals surface area contributed by atoms with Gasteiger partial charge in [-0.2, -0.15) is 0 Å². The number of carboxylic acids is 1. The lowest BCUT2D eigenvalue weighted by atomic mass is 10.0. The van der Waals surface area contributed by atoms with Crippen LogP contribution in [0.15, 0.2) is 47.6 Å². The van der Waals surface area contributed by atoms with Crippen LogP contribution in [0.4, 0.5) is 11.5 Å². The molecule has 0 aliphatic carbocycles. The lowest BCUT2D eigenvalue weighted by molar-refractivity contribution is -0.133. The number of carboxylic acid groups (broad SMARTS) is 1. The van der Waals surface area contributed by atoms with Gasteiger partial charge in [0.25, 0.3) is 0 Å². The van der Waals surface area contributed by atoms with Gasteiger partial charge in [-0.1, -0.05) is 17.8 Å². The number of aromatic amines is 2. The lowest BCUT2D eigenvalue weighted by Gasteiger charge is -2.09. The van der Waals surface area contributed by atoms with Gasteiger partial charge in [0, 0.05) is 29.2 Å². The van der Waals surface area contributed by atoms with Crippen LogP contribution < -0.4 is 11.1 Å². The Morgan fingerprint density at radius 2 is 1.93 bits per heavy atom. The number of carbonyl (C=O) groups is 1. The molecule has 2 aromatic carbocycles. The van der Waals surface area contributed by atoms with Crippen LogP contribution in [0.3, 0.4) is 0 Å². The molecule has 0 amide bonds. The zero-order valence-electron chi connectivity index (χ0n) is 15.0. The molecular formula is C19H18N6O2S. The lowest BCUT2D eigenvalue weighted by Crippen LogP contribution is -1.97. The summed E-state index contributed by atoms with van der Waals surface area (Å²) >= 11 is 1.10. The second-order valence-electron chi connectivity index (χ2n) is 6.24. The van der Waals surface area contributed by atoms with Gasteiger partial charge in [-0.05, 0) is 47.5 Å². The third-order valence-electron chi connectivity index (χ3n) is 4.27. The van der Waals surface area contributed by atoms with E-state index in [1.165, 1.54) is 0 Å². The van der Waals surface area contributed by atoms with Gasteiger partial charge in [-0.3, -0.25) is 4.79 Å². The Morgan fingerprint density at radius 1 is 1.11 bits per heavy atom. The van der Waals surface area contributed by atoms with Crippen LogP contribution in [0.25, 0.3) is 33.4 Å². The Morgan fingerprint density at radius 3 is 2.71 bits per heavy atom. The van der Waals surface area contributed by atoms with E-state index in [2.05, 4.69) is 37.6 Å². The van der Waals surface area contributed by atoms with Gasteiger partial charge in [-0.15, -0.1) is 10.2 Å². The number of aromatic nitrogens is 4. The highest BCUT2D eigenvalue weighted by Gasteiger charge is 2.11. The van der Waals surface area contributed by atoms with Crippen LogP contribution in [-0.2, 0) is 4.79 Å². The number of nitrogen functional groups attached to an aromatic ring is 1. The number of H-pyrrole nitrogens is 2. The summed E-state index contributed by atoms with van der Waals surface area (Å²) in [6.45, 7) is 0. The van der Waals surface area contributed by atoms with Crippen molar-refractivity contribution in [2.24, 2.45) is 0 Å². The molecule has 0 saturated heterocycles. The van der Waals surface area contributed by atoms with Gasteiger partial charge in [0.15, 0.2) is 11.0 Å². The number of nitrogens with two attached hydrogens (primary N) is 1. The van der Waals surface area contributed by atoms with Crippen LogP contribution >= 0.6 is 11.8 Å². The second kappa shape index (κ2) is 7.28. The van der Waals surface area contributed by atoms with E-state index >= 15 is 0 Å². The summed E-state index contributed by atoms with van der Waals surface area (Å²) in [7, 11) is 1.85. The van der Waals surface area contributed by atoms with Crippen molar-refractivity contribution in [3.05, 3.63) is 42.5 Å². The van der Waals surface area contributed by atoms with Gasteiger partial charge >= 0.3 is 5.97 Å². The van der Waals surface area contributed by atoms with Crippen molar-refractivity contribution in [2.45, 2.75) is 5.16 Å². The molecule has 4 aromatic rings. The Balaban J connectivity index is 1.72. The average molecular weight is 394 g/mol.